The molecule has 2 heterocycles. The van der Waals surface area contributed by atoms with Gasteiger partial charge in [0.15, 0.2) is 0 Å². The van der Waals surface area contributed by atoms with E-state index < -0.39 is 0 Å². The molecule has 2 N–H and O–H groups in total. The fraction of sp³-hybridized carbons (Fsp3) is 0.250. The SMILES string of the molecule is Cc1cccc2c1NCCc1[nH]ncc1-2. The molecule has 1 aliphatic heterocycles. The number of nitrogens with zero attached hydrogens (tertiary/aromatic N) is 1. The number of anilines is 1. The number of hydrogen-bond acceptors (Lipinski definition) is 2. The highest BCUT2D eigenvalue weighted by atomic mass is 15.1. The predicted octanol–water partition coefficient (Wildman–Crippen LogP) is 2.35. The fourth-order valence-electron chi connectivity index (χ4n) is 2.17. The van der Waals surface area contributed by atoms with Crippen molar-refractivity contribution in [3.05, 3.63) is 35.7 Å². The molecule has 0 atom stereocenters. The maximum atomic E-state index is 4.12. The van der Waals surface area contributed by atoms with Crippen LogP contribution in [0.1, 0.15) is 11.3 Å². The minimum atomic E-state index is 0.965. The van der Waals surface area contributed by atoms with Crippen LogP contribution >= 0.6 is 0 Å². The molecule has 1 aromatic carbocycles. The van der Waals surface area contributed by atoms with E-state index in [9.17, 15) is 0 Å². The maximum Gasteiger partial charge on any atom is 0.0569 e. The van der Waals surface area contributed by atoms with Crippen molar-refractivity contribution < 1.29 is 0 Å². The Labute approximate surface area is 88.5 Å². The van der Waals surface area contributed by atoms with Gasteiger partial charge in [-0.05, 0) is 12.5 Å². The van der Waals surface area contributed by atoms with Gasteiger partial charge in [-0.3, -0.25) is 5.10 Å². The number of aromatic amines is 1. The van der Waals surface area contributed by atoms with Crippen LogP contribution in [0.15, 0.2) is 24.4 Å². The van der Waals surface area contributed by atoms with Gasteiger partial charge in [0.1, 0.15) is 0 Å². The van der Waals surface area contributed by atoms with Crippen LogP contribution in [0.5, 0.6) is 0 Å². The third-order valence-electron chi connectivity index (χ3n) is 2.96. The number of nitrogens with one attached hydrogen (secondary N) is 2. The highest BCUT2D eigenvalue weighted by Crippen LogP contribution is 2.34. The quantitative estimate of drug-likeness (QED) is 0.683. The molecular weight excluding hydrogens is 186 g/mol. The Morgan fingerprint density at radius 1 is 1.27 bits per heavy atom. The highest BCUT2D eigenvalue weighted by molar-refractivity contribution is 5.82. The van der Waals surface area contributed by atoms with Gasteiger partial charge in [0.2, 0.25) is 0 Å². The van der Waals surface area contributed by atoms with Crippen molar-refractivity contribution in [2.24, 2.45) is 0 Å². The highest BCUT2D eigenvalue weighted by Gasteiger charge is 2.16. The minimum absolute atomic E-state index is 0.965. The van der Waals surface area contributed by atoms with Crippen LogP contribution in [0.2, 0.25) is 0 Å². The summed E-state index contributed by atoms with van der Waals surface area (Å²) < 4.78 is 0. The van der Waals surface area contributed by atoms with Crippen LogP contribution in [0.25, 0.3) is 11.1 Å². The largest absolute Gasteiger partial charge is 0.384 e. The number of aryl methyl sites for hydroxylation is 1. The zero-order chi connectivity index (χ0) is 10.3. The van der Waals surface area contributed by atoms with E-state index in [4.69, 9.17) is 0 Å². The van der Waals surface area contributed by atoms with E-state index in [2.05, 4.69) is 40.6 Å². The van der Waals surface area contributed by atoms with E-state index >= 15 is 0 Å². The molecule has 0 bridgehead atoms. The van der Waals surface area contributed by atoms with Crippen molar-refractivity contribution >= 4 is 5.69 Å². The summed E-state index contributed by atoms with van der Waals surface area (Å²) in [6.07, 6.45) is 2.92. The lowest BCUT2D eigenvalue weighted by molar-refractivity contribution is 0.936. The molecule has 3 rings (SSSR count). The standard InChI is InChI=1S/C12H13N3/c1-8-3-2-4-9-10-7-14-15-11(10)5-6-13-12(8)9/h2-4,7,13H,5-6H2,1H3,(H,14,15). The van der Waals surface area contributed by atoms with Crippen LogP contribution < -0.4 is 5.32 Å². The van der Waals surface area contributed by atoms with Gasteiger partial charge in [0.05, 0.1) is 6.20 Å². The second kappa shape index (κ2) is 3.12. The molecule has 3 heteroatoms. The van der Waals surface area contributed by atoms with Gasteiger partial charge >= 0.3 is 0 Å². The Balaban J connectivity index is 2.29. The van der Waals surface area contributed by atoms with E-state index in [-0.39, 0.29) is 0 Å². The van der Waals surface area contributed by atoms with Gasteiger partial charge < -0.3 is 5.32 Å². The number of rotatable bonds is 0. The molecule has 3 nitrogen and oxygen atoms in total. The molecule has 0 spiro atoms. The van der Waals surface area contributed by atoms with Crippen LogP contribution in [0, 0.1) is 6.92 Å². The van der Waals surface area contributed by atoms with E-state index in [1.807, 2.05) is 6.20 Å². The topological polar surface area (TPSA) is 40.7 Å². The van der Waals surface area contributed by atoms with Crippen LogP contribution in [-0.2, 0) is 6.42 Å². The summed E-state index contributed by atoms with van der Waals surface area (Å²) in [6.45, 7) is 3.10. The molecule has 0 radical (unpaired) electrons. The van der Waals surface area contributed by atoms with Crippen LogP contribution in [0.4, 0.5) is 5.69 Å². The van der Waals surface area contributed by atoms with Crippen molar-refractivity contribution in [2.45, 2.75) is 13.3 Å². The summed E-state index contributed by atoms with van der Waals surface area (Å²) in [5.74, 6) is 0. The molecule has 1 aliphatic rings. The average molecular weight is 199 g/mol. The fourth-order valence-corrected chi connectivity index (χ4v) is 2.17. The number of H-pyrrole nitrogens is 1. The number of aromatic nitrogens is 2. The lowest BCUT2D eigenvalue weighted by atomic mass is 10.0. The first-order chi connectivity index (χ1) is 7.36. The first-order valence-corrected chi connectivity index (χ1v) is 5.22. The smallest absolute Gasteiger partial charge is 0.0569 e. The summed E-state index contributed by atoms with van der Waals surface area (Å²) >= 11 is 0. The van der Waals surface area contributed by atoms with Crippen molar-refractivity contribution in [2.75, 3.05) is 11.9 Å². The Bertz CT molecular complexity index is 499. The van der Waals surface area contributed by atoms with E-state index in [0.717, 1.165) is 13.0 Å². The van der Waals surface area contributed by atoms with Gasteiger partial charge in [-0.1, -0.05) is 18.2 Å². The van der Waals surface area contributed by atoms with Gasteiger partial charge in [-0.25, -0.2) is 0 Å². The zero-order valence-corrected chi connectivity index (χ0v) is 8.67. The van der Waals surface area contributed by atoms with Gasteiger partial charge in [-0.15, -0.1) is 0 Å². The normalized spacial score (nSPS) is 13.7. The molecule has 76 valence electrons. The second-order valence-electron chi connectivity index (χ2n) is 3.94. The lowest BCUT2D eigenvalue weighted by Crippen LogP contribution is -2.04. The maximum absolute atomic E-state index is 4.12. The molecule has 2 aromatic rings. The van der Waals surface area contributed by atoms with Crippen molar-refractivity contribution in [1.82, 2.24) is 10.2 Å². The molecule has 0 aliphatic carbocycles. The third kappa shape index (κ3) is 1.23. The number of benzene rings is 1. The van der Waals surface area contributed by atoms with E-state index in [0.29, 0.717) is 0 Å². The van der Waals surface area contributed by atoms with Crippen molar-refractivity contribution in [3.8, 4) is 11.1 Å². The molecular formula is C12H13N3. The lowest BCUT2D eigenvalue weighted by Gasteiger charge is -2.10. The van der Waals surface area contributed by atoms with E-state index in [1.165, 1.54) is 28.1 Å². The molecule has 1 aromatic heterocycles. The minimum Gasteiger partial charge on any atom is -0.384 e. The molecule has 0 saturated heterocycles. The summed E-state index contributed by atoms with van der Waals surface area (Å²) in [7, 11) is 0. The second-order valence-corrected chi connectivity index (χ2v) is 3.94. The Morgan fingerprint density at radius 3 is 3.13 bits per heavy atom. The Hall–Kier alpha value is -1.77. The van der Waals surface area contributed by atoms with Crippen molar-refractivity contribution in [3.63, 3.8) is 0 Å². The summed E-state index contributed by atoms with van der Waals surface area (Å²) in [6, 6.07) is 6.38. The predicted molar refractivity (Wildman–Crippen MR) is 61.0 cm³/mol. The van der Waals surface area contributed by atoms with Gasteiger partial charge in [-0.2, -0.15) is 5.10 Å². The number of fused-ring (bicyclic) bond motifs is 3. The zero-order valence-electron chi connectivity index (χ0n) is 8.67. The monoisotopic (exact) mass is 199 g/mol. The number of hydrogen-bond donors (Lipinski definition) is 2. The van der Waals surface area contributed by atoms with E-state index in [1.54, 1.807) is 0 Å². The average Bonchev–Trinajstić information content (AvgIpc) is 2.62. The molecule has 0 amide bonds. The van der Waals surface area contributed by atoms with Crippen LogP contribution in [-0.4, -0.2) is 16.7 Å². The molecule has 15 heavy (non-hydrogen) atoms. The Morgan fingerprint density at radius 2 is 2.20 bits per heavy atom. The summed E-state index contributed by atoms with van der Waals surface area (Å²) in [4.78, 5) is 0. The number of para-hydroxylation sites is 1. The Kier molecular flexibility index (Phi) is 1.78. The van der Waals surface area contributed by atoms with Gasteiger partial charge in [0, 0.05) is 35.5 Å². The summed E-state index contributed by atoms with van der Waals surface area (Å²) in [5, 5.41) is 10.7. The molecule has 0 saturated carbocycles. The first-order valence-electron chi connectivity index (χ1n) is 5.22. The molecule has 0 fully saturated rings. The van der Waals surface area contributed by atoms with Crippen molar-refractivity contribution in [1.29, 1.82) is 0 Å². The van der Waals surface area contributed by atoms with Crippen LogP contribution in [0.3, 0.4) is 0 Å². The third-order valence-corrected chi connectivity index (χ3v) is 2.96. The molecule has 0 unspecified atom stereocenters. The summed E-state index contributed by atoms with van der Waals surface area (Å²) in [5.41, 5.74) is 6.26. The first kappa shape index (κ1) is 8.53. The van der Waals surface area contributed by atoms with Gasteiger partial charge in [0.25, 0.3) is 0 Å².